The van der Waals surface area contributed by atoms with Crippen LogP contribution in [0.15, 0.2) is 27.8 Å². The van der Waals surface area contributed by atoms with Crippen LogP contribution in [0.3, 0.4) is 0 Å². The van der Waals surface area contributed by atoms with E-state index in [2.05, 4.69) is 4.98 Å². The molecular formula is C12H12N2O4. The Bertz CT molecular complexity index is 727. The Morgan fingerprint density at radius 2 is 2.11 bits per heavy atom. The molecule has 0 saturated carbocycles. The minimum absolute atomic E-state index is 0.0693. The third kappa shape index (κ3) is 1.92. The molecule has 6 nitrogen and oxygen atoms in total. The number of fused-ring (bicyclic) bond motifs is 1. The molecule has 0 amide bonds. The lowest BCUT2D eigenvalue weighted by Crippen LogP contribution is -2.36. The number of hydrogen-bond acceptors (Lipinski definition) is 3. The minimum Gasteiger partial charge on any atom is -0.478 e. The van der Waals surface area contributed by atoms with Gasteiger partial charge in [-0.3, -0.25) is 9.59 Å². The van der Waals surface area contributed by atoms with Crippen LogP contribution in [-0.2, 0) is 6.54 Å². The average Bonchev–Trinajstić information content (AvgIpc) is 2.34. The Balaban J connectivity index is 2.83. The Morgan fingerprint density at radius 1 is 1.39 bits per heavy atom. The highest BCUT2D eigenvalue weighted by atomic mass is 16.4. The molecule has 6 heteroatoms. The van der Waals surface area contributed by atoms with Gasteiger partial charge in [0.25, 0.3) is 0 Å². The third-order valence-corrected chi connectivity index (χ3v) is 2.67. The smallest absolute Gasteiger partial charge is 0.335 e. The van der Waals surface area contributed by atoms with E-state index >= 15 is 0 Å². The summed E-state index contributed by atoms with van der Waals surface area (Å²) in [5.74, 6) is -1.08. The molecule has 0 spiro atoms. The van der Waals surface area contributed by atoms with Gasteiger partial charge in [-0.25, -0.2) is 4.79 Å². The molecule has 0 aliphatic heterocycles. The molecule has 1 heterocycles. The standard InChI is InChI=1S/C12H12N2O4/c1-2-5-14-9-4-3-7(12(17)18)6-8(9)13-10(15)11(14)16/h3-4,6H,2,5H2,1H3,(H,13,15)(H,17,18). The lowest BCUT2D eigenvalue weighted by atomic mass is 10.2. The molecule has 0 aliphatic carbocycles. The quantitative estimate of drug-likeness (QED) is 0.786. The molecule has 0 fully saturated rings. The third-order valence-electron chi connectivity index (χ3n) is 2.67. The number of carbonyl (C=O) groups is 1. The number of aryl methyl sites for hydroxylation is 1. The Kier molecular flexibility index (Phi) is 3.01. The predicted molar refractivity (Wildman–Crippen MR) is 66.1 cm³/mol. The highest BCUT2D eigenvalue weighted by molar-refractivity contribution is 5.92. The number of carboxylic acids is 1. The van der Waals surface area contributed by atoms with E-state index in [1.165, 1.54) is 22.8 Å². The molecule has 2 aromatic rings. The average molecular weight is 248 g/mol. The zero-order chi connectivity index (χ0) is 13.3. The number of nitrogens with one attached hydrogen (secondary N) is 1. The molecule has 0 saturated heterocycles. The van der Waals surface area contributed by atoms with Crippen LogP contribution in [0, 0.1) is 0 Å². The molecule has 0 unspecified atom stereocenters. The number of nitrogens with zero attached hydrogens (tertiary/aromatic N) is 1. The van der Waals surface area contributed by atoms with Gasteiger partial charge in [0.1, 0.15) is 0 Å². The van der Waals surface area contributed by atoms with Crippen molar-refractivity contribution in [3.8, 4) is 0 Å². The van der Waals surface area contributed by atoms with Gasteiger partial charge in [0.2, 0.25) is 0 Å². The first-order chi connectivity index (χ1) is 8.54. The second-order valence-electron chi connectivity index (χ2n) is 3.95. The molecule has 2 rings (SSSR count). The van der Waals surface area contributed by atoms with Crippen molar-refractivity contribution in [1.82, 2.24) is 9.55 Å². The number of carboxylic acid groups (broad SMARTS) is 1. The zero-order valence-corrected chi connectivity index (χ0v) is 9.77. The number of hydrogen-bond donors (Lipinski definition) is 2. The van der Waals surface area contributed by atoms with Gasteiger partial charge in [-0.15, -0.1) is 0 Å². The number of benzene rings is 1. The number of aromatic nitrogens is 2. The van der Waals surface area contributed by atoms with Gasteiger partial charge in [0.05, 0.1) is 16.6 Å². The molecule has 1 aromatic carbocycles. The fourth-order valence-electron chi connectivity index (χ4n) is 1.86. The van der Waals surface area contributed by atoms with Crippen LogP contribution < -0.4 is 11.1 Å². The van der Waals surface area contributed by atoms with E-state index in [1.54, 1.807) is 0 Å². The van der Waals surface area contributed by atoms with Gasteiger partial charge >= 0.3 is 17.1 Å². The van der Waals surface area contributed by atoms with Crippen LogP contribution in [0.4, 0.5) is 0 Å². The van der Waals surface area contributed by atoms with Crippen LogP contribution in [-0.4, -0.2) is 20.6 Å². The maximum atomic E-state index is 11.7. The Hall–Kier alpha value is -2.37. The lowest BCUT2D eigenvalue weighted by Gasteiger charge is -2.08. The summed E-state index contributed by atoms with van der Waals surface area (Å²) in [4.78, 5) is 36.4. The highest BCUT2D eigenvalue weighted by Crippen LogP contribution is 2.11. The van der Waals surface area contributed by atoms with E-state index < -0.39 is 17.1 Å². The molecule has 1 aromatic heterocycles. The highest BCUT2D eigenvalue weighted by Gasteiger charge is 2.09. The normalized spacial score (nSPS) is 10.7. The van der Waals surface area contributed by atoms with Crippen molar-refractivity contribution in [3.63, 3.8) is 0 Å². The van der Waals surface area contributed by atoms with Crippen LogP contribution in [0.1, 0.15) is 23.7 Å². The molecule has 0 radical (unpaired) electrons. The first kappa shape index (κ1) is 12.1. The van der Waals surface area contributed by atoms with Crippen LogP contribution in [0.2, 0.25) is 0 Å². The largest absolute Gasteiger partial charge is 0.478 e. The zero-order valence-electron chi connectivity index (χ0n) is 9.77. The summed E-state index contributed by atoms with van der Waals surface area (Å²) < 4.78 is 1.36. The van der Waals surface area contributed by atoms with Crippen molar-refractivity contribution in [1.29, 1.82) is 0 Å². The van der Waals surface area contributed by atoms with E-state index in [9.17, 15) is 14.4 Å². The molecule has 0 aliphatic rings. The van der Waals surface area contributed by atoms with Gasteiger partial charge in [-0.05, 0) is 24.6 Å². The monoisotopic (exact) mass is 248 g/mol. The van der Waals surface area contributed by atoms with Crippen molar-refractivity contribution in [2.45, 2.75) is 19.9 Å². The first-order valence-electron chi connectivity index (χ1n) is 5.54. The summed E-state index contributed by atoms with van der Waals surface area (Å²) in [5, 5.41) is 8.88. The van der Waals surface area contributed by atoms with E-state index in [1.807, 2.05) is 6.92 Å². The topological polar surface area (TPSA) is 92.2 Å². The molecule has 2 N–H and O–H groups in total. The maximum Gasteiger partial charge on any atom is 0.335 e. The minimum atomic E-state index is -1.08. The number of H-pyrrole nitrogens is 1. The Morgan fingerprint density at radius 3 is 2.72 bits per heavy atom. The summed E-state index contributed by atoms with van der Waals surface area (Å²) in [6, 6.07) is 4.30. The van der Waals surface area contributed by atoms with Crippen LogP contribution >= 0.6 is 0 Å². The van der Waals surface area contributed by atoms with Crippen LogP contribution in [0.25, 0.3) is 11.0 Å². The summed E-state index contributed by atoms with van der Waals surface area (Å²) >= 11 is 0. The first-order valence-corrected chi connectivity index (χ1v) is 5.54. The maximum absolute atomic E-state index is 11.7. The van der Waals surface area contributed by atoms with Gasteiger partial charge in [-0.1, -0.05) is 6.92 Å². The molecule has 0 bridgehead atoms. The van der Waals surface area contributed by atoms with Gasteiger partial charge in [0, 0.05) is 6.54 Å². The van der Waals surface area contributed by atoms with Gasteiger partial charge in [0.15, 0.2) is 0 Å². The summed E-state index contributed by atoms with van der Waals surface area (Å²) in [5.41, 5.74) is -0.398. The Labute approximate surface area is 102 Å². The van der Waals surface area contributed by atoms with E-state index in [4.69, 9.17) is 5.11 Å². The van der Waals surface area contributed by atoms with E-state index in [0.29, 0.717) is 24.0 Å². The van der Waals surface area contributed by atoms with Crippen molar-refractivity contribution >= 4 is 17.0 Å². The SMILES string of the molecule is CCCn1c(=O)c(=O)[nH]c2cc(C(=O)O)ccc21. The van der Waals surface area contributed by atoms with E-state index in [0.717, 1.165) is 0 Å². The second-order valence-corrected chi connectivity index (χ2v) is 3.95. The van der Waals surface area contributed by atoms with Gasteiger partial charge in [-0.2, -0.15) is 0 Å². The fourth-order valence-corrected chi connectivity index (χ4v) is 1.86. The molecule has 18 heavy (non-hydrogen) atoms. The molecular weight excluding hydrogens is 236 g/mol. The fraction of sp³-hybridized carbons (Fsp3) is 0.250. The van der Waals surface area contributed by atoms with Crippen molar-refractivity contribution in [3.05, 3.63) is 44.5 Å². The van der Waals surface area contributed by atoms with Crippen LogP contribution in [0.5, 0.6) is 0 Å². The number of aromatic carboxylic acids is 1. The summed E-state index contributed by atoms with van der Waals surface area (Å²) in [7, 11) is 0. The molecule has 94 valence electrons. The summed E-state index contributed by atoms with van der Waals surface area (Å²) in [6.45, 7) is 2.32. The summed E-state index contributed by atoms with van der Waals surface area (Å²) in [6.07, 6.45) is 0.707. The molecule has 0 atom stereocenters. The van der Waals surface area contributed by atoms with Gasteiger partial charge < -0.3 is 14.7 Å². The van der Waals surface area contributed by atoms with E-state index in [-0.39, 0.29) is 5.56 Å². The second kappa shape index (κ2) is 4.48. The van der Waals surface area contributed by atoms with Crippen molar-refractivity contribution in [2.75, 3.05) is 0 Å². The number of rotatable bonds is 3. The van der Waals surface area contributed by atoms with Crippen molar-refractivity contribution < 1.29 is 9.90 Å². The predicted octanol–water partition coefficient (Wildman–Crippen LogP) is 0.798. The number of aromatic amines is 1. The lowest BCUT2D eigenvalue weighted by molar-refractivity contribution is 0.0697. The van der Waals surface area contributed by atoms with Crippen molar-refractivity contribution in [2.24, 2.45) is 0 Å².